The maximum absolute atomic E-state index is 12.1. The van der Waals surface area contributed by atoms with Crippen molar-refractivity contribution in [2.75, 3.05) is 13.2 Å². The number of aryl methyl sites for hydroxylation is 1. The van der Waals surface area contributed by atoms with Gasteiger partial charge >= 0.3 is 5.97 Å². The fourth-order valence-electron chi connectivity index (χ4n) is 3.84. The second-order valence-electron chi connectivity index (χ2n) is 8.25. The largest absolute Gasteiger partial charge is 0.463 e. The van der Waals surface area contributed by atoms with Gasteiger partial charge in [0.1, 0.15) is 36.6 Å². The molecule has 32 heavy (non-hydrogen) atoms. The van der Waals surface area contributed by atoms with Gasteiger partial charge in [-0.05, 0) is 24.5 Å². The summed E-state index contributed by atoms with van der Waals surface area (Å²) in [5.74, 6) is -0.457. The monoisotopic (exact) mass is 448 g/mol. The number of hydrogen-bond donors (Lipinski definition) is 4. The molecule has 3 rings (SSSR count). The van der Waals surface area contributed by atoms with Crippen LogP contribution in [-0.4, -0.2) is 75.9 Å². The van der Waals surface area contributed by atoms with E-state index >= 15 is 0 Å². The van der Waals surface area contributed by atoms with Crippen LogP contribution >= 0.6 is 0 Å². The molecular weight excluding hydrogens is 416 g/mol. The number of ether oxygens (including phenoxy) is 3. The molecule has 0 spiro atoms. The highest BCUT2D eigenvalue weighted by atomic mass is 16.7. The third-order valence-electron chi connectivity index (χ3n) is 5.81. The molecule has 1 aliphatic heterocycles. The lowest BCUT2D eigenvalue weighted by Gasteiger charge is -2.40. The van der Waals surface area contributed by atoms with E-state index in [9.17, 15) is 25.2 Å². The van der Waals surface area contributed by atoms with Gasteiger partial charge in [-0.1, -0.05) is 43.7 Å². The van der Waals surface area contributed by atoms with Crippen molar-refractivity contribution in [1.29, 1.82) is 0 Å². The van der Waals surface area contributed by atoms with Crippen LogP contribution in [0.25, 0.3) is 0 Å². The first-order chi connectivity index (χ1) is 15.3. The molecule has 4 N–H and O–H groups in total. The lowest BCUT2D eigenvalue weighted by Crippen LogP contribution is -2.59. The average Bonchev–Trinajstić information content (AvgIpc) is 2.79. The van der Waals surface area contributed by atoms with Crippen LogP contribution in [0.15, 0.2) is 47.7 Å². The van der Waals surface area contributed by atoms with Crippen molar-refractivity contribution in [3.05, 3.63) is 53.3 Å². The zero-order chi connectivity index (χ0) is 23.1. The molecule has 1 aromatic rings. The van der Waals surface area contributed by atoms with E-state index in [-0.39, 0.29) is 19.6 Å². The average molecular weight is 449 g/mol. The predicted octanol–water partition coefficient (Wildman–Crippen LogP) is 1.00. The maximum atomic E-state index is 12.1. The van der Waals surface area contributed by atoms with Crippen LogP contribution in [0.2, 0.25) is 0 Å². The van der Waals surface area contributed by atoms with Gasteiger partial charge in [0.2, 0.25) is 0 Å². The number of carbonyl (C=O) groups is 1. The van der Waals surface area contributed by atoms with Crippen molar-refractivity contribution in [1.82, 2.24) is 0 Å². The van der Waals surface area contributed by atoms with Crippen LogP contribution in [-0.2, 0) is 25.4 Å². The first-order valence-electron chi connectivity index (χ1n) is 11.0. The Morgan fingerprint density at radius 1 is 1.12 bits per heavy atom. The zero-order valence-corrected chi connectivity index (χ0v) is 18.2. The Bertz CT molecular complexity index is 819. The molecule has 1 aromatic carbocycles. The number of aliphatic hydroxyl groups is 4. The molecule has 0 bridgehead atoms. The molecule has 8 heteroatoms. The van der Waals surface area contributed by atoms with Gasteiger partial charge in [0.25, 0.3) is 0 Å². The van der Waals surface area contributed by atoms with Crippen LogP contribution in [0.5, 0.6) is 0 Å². The Morgan fingerprint density at radius 2 is 1.88 bits per heavy atom. The van der Waals surface area contributed by atoms with Crippen molar-refractivity contribution >= 4 is 5.97 Å². The van der Waals surface area contributed by atoms with E-state index in [1.54, 1.807) is 6.08 Å². The van der Waals surface area contributed by atoms with Crippen molar-refractivity contribution < 1.29 is 39.4 Å². The highest BCUT2D eigenvalue weighted by molar-refractivity contribution is 5.69. The second kappa shape index (κ2) is 11.2. The van der Waals surface area contributed by atoms with E-state index in [4.69, 9.17) is 14.2 Å². The van der Waals surface area contributed by atoms with Gasteiger partial charge in [-0.25, -0.2) is 0 Å². The summed E-state index contributed by atoms with van der Waals surface area (Å²) < 4.78 is 16.3. The summed E-state index contributed by atoms with van der Waals surface area (Å²) >= 11 is 0. The molecule has 0 aromatic heterocycles. The van der Waals surface area contributed by atoms with Crippen LogP contribution in [0.3, 0.4) is 0 Å². The van der Waals surface area contributed by atoms with Crippen molar-refractivity contribution in [2.24, 2.45) is 0 Å². The Labute approximate surface area is 187 Å². The molecule has 8 nitrogen and oxygen atoms in total. The normalized spacial score (nSPS) is 31.7. The van der Waals surface area contributed by atoms with Gasteiger partial charge in [-0.3, -0.25) is 4.79 Å². The Hall–Kier alpha value is -2.03. The molecular formula is C24H32O8. The number of carbonyl (C=O) groups excluding carboxylic acids is 1. The number of esters is 1. The highest BCUT2D eigenvalue weighted by Crippen LogP contribution is 2.32. The van der Waals surface area contributed by atoms with Gasteiger partial charge in [-0.2, -0.15) is 0 Å². The highest BCUT2D eigenvalue weighted by Gasteiger charge is 2.45. The summed E-state index contributed by atoms with van der Waals surface area (Å²) in [6, 6.07) is 9.51. The molecule has 1 heterocycles. The van der Waals surface area contributed by atoms with Gasteiger partial charge < -0.3 is 34.6 Å². The van der Waals surface area contributed by atoms with Crippen LogP contribution in [0.4, 0.5) is 0 Å². The lowest BCUT2D eigenvalue weighted by atomic mass is 9.81. The van der Waals surface area contributed by atoms with Gasteiger partial charge in [0.05, 0.1) is 6.61 Å². The number of benzene rings is 1. The molecule has 2 aliphatic rings. The third kappa shape index (κ3) is 6.05. The van der Waals surface area contributed by atoms with E-state index in [0.29, 0.717) is 24.8 Å². The molecule has 1 fully saturated rings. The van der Waals surface area contributed by atoms with Crippen molar-refractivity contribution in [3.8, 4) is 0 Å². The minimum atomic E-state index is -1.51. The smallest absolute Gasteiger partial charge is 0.306 e. The fourth-order valence-corrected chi connectivity index (χ4v) is 3.84. The van der Waals surface area contributed by atoms with E-state index in [1.807, 2.05) is 37.3 Å². The minimum Gasteiger partial charge on any atom is -0.463 e. The van der Waals surface area contributed by atoms with E-state index < -0.39 is 42.3 Å². The standard InChI is InChI=1S/C24H32O8/c1-2-12-24(29)13-10-17(24)11-14-30-23-22(28)21(27)20(26)18(32-23)15-31-19(25)9-8-16-6-4-3-5-7-16/h3-7,13,18,20-23,26-29H,2,8-9,11-12,14-15H2,1H3/t18-,20+,21+,22-,23+,24-/m1/s1. The number of hydrogen-bond acceptors (Lipinski definition) is 8. The lowest BCUT2D eigenvalue weighted by molar-refractivity contribution is -0.301. The van der Waals surface area contributed by atoms with Crippen LogP contribution in [0.1, 0.15) is 38.2 Å². The summed E-state index contributed by atoms with van der Waals surface area (Å²) in [6.45, 7) is 1.82. The number of rotatable bonds is 11. The van der Waals surface area contributed by atoms with Gasteiger partial charge in [0.15, 0.2) is 6.29 Å². The molecule has 0 saturated carbocycles. The van der Waals surface area contributed by atoms with Crippen LogP contribution < -0.4 is 0 Å². The summed E-state index contributed by atoms with van der Waals surface area (Å²) in [5, 5.41) is 41.0. The summed E-state index contributed by atoms with van der Waals surface area (Å²) in [5.41, 5.74) is 3.72. The van der Waals surface area contributed by atoms with E-state index in [1.165, 1.54) is 0 Å². The molecule has 0 amide bonds. The first-order valence-corrected chi connectivity index (χ1v) is 11.0. The van der Waals surface area contributed by atoms with Gasteiger partial charge in [-0.15, -0.1) is 5.73 Å². The maximum Gasteiger partial charge on any atom is 0.306 e. The topological polar surface area (TPSA) is 126 Å². The van der Waals surface area contributed by atoms with E-state index in [2.05, 4.69) is 5.73 Å². The molecule has 1 saturated heterocycles. The molecule has 176 valence electrons. The quantitative estimate of drug-likeness (QED) is 0.292. The summed E-state index contributed by atoms with van der Waals surface area (Å²) in [4.78, 5) is 12.1. The first kappa shape index (κ1) is 24.6. The SMILES string of the molecule is CCC[C@@]1(O)C=C=C1CCO[C@H]1O[C@H](COC(=O)CCc2ccccc2)[C@H](O)[C@H](O)[C@H]1O. The molecule has 1 aliphatic carbocycles. The Morgan fingerprint density at radius 3 is 2.53 bits per heavy atom. The second-order valence-corrected chi connectivity index (χ2v) is 8.25. The Kier molecular flexibility index (Phi) is 8.62. The van der Waals surface area contributed by atoms with Crippen molar-refractivity contribution in [2.45, 2.75) is 75.3 Å². The molecule has 0 radical (unpaired) electrons. The Balaban J connectivity index is 1.45. The third-order valence-corrected chi connectivity index (χ3v) is 5.81. The minimum absolute atomic E-state index is 0.121. The number of aliphatic hydroxyl groups excluding tert-OH is 3. The zero-order valence-electron chi connectivity index (χ0n) is 18.2. The fraction of sp³-hybridized carbons (Fsp3) is 0.583. The molecule has 6 atom stereocenters. The van der Waals surface area contributed by atoms with E-state index in [0.717, 1.165) is 12.0 Å². The molecule has 0 unspecified atom stereocenters. The summed E-state index contributed by atoms with van der Waals surface area (Å²) in [6.07, 6.45) is -2.53. The van der Waals surface area contributed by atoms with Gasteiger partial charge in [0, 0.05) is 18.4 Å². The predicted molar refractivity (Wildman–Crippen MR) is 114 cm³/mol. The van der Waals surface area contributed by atoms with Crippen molar-refractivity contribution in [3.63, 3.8) is 0 Å². The van der Waals surface area contributed by atoms with Crippen LogP contribution in [0, 0.1) is 0 Å². The summed E-state index contributed by atoms with van der Waals surface area (Å²) in [7, 11) is 0.